The van der Waals surface area contributed by atoms with Gasteiger partial charge in [0.1, 0.15) is 0 Å². The van der Waals surface area contributed by atoms with Gasteiger partial charge in [0.05, 0.1) is 5.69 Å². The highest BCUT2D eigenvalue weighted by atomic mass is 15.3. The SMILES string of the molecule is Cn1cc(CNC2CCc3ccccc32)c(C(C)(C)C)n1. The minimum absolute atomic E-state index is 0.0891. The van der Waals surface area contributed by atoms with E-state index < -0.39 is 0 Å². The molecule has 0 bridgehead atoms. The van der Waals surface area contributed by atoms with E-state index in [2.05, 4.69) is 61.6 Å². The number of hydrogen-bond donors (Lipinski definition) is 1. The Kier molecular flexibility index (Phi) is 3.62. The molecule has 1 aromatic heterocycles. The predicted molar refractivity (Wildman–Crippen MR) is 86.3 cm³/mol. The lowest BCUT2D eigenvalue weighted by atomic mass is 9.89. The number of hydrogen-bond acceptors (Lipinski definition) is 2. The van der Waals surface area contributed by atoms with Crippen LogP contribution in [0.4, 0.5) is 0 Å². The van der Waals surface area contributed by atoms with Gasteiger partial charge in [-0.25, -0.2) is 0 Å². The van der Waals surface area contributed by atoms with Crippen molar-refractivity contribution >= 4 is 0 Å². The number of fused-ring (bicyclic) bond motifs is 1. The highest BCUT2D eigenvalue weighted by Gasteiger charge is 2.24. The minimum Gasteiger partial charge on any atom is -0.306 e. The van der Waals surface area contributed by atoms with E-state index in [-0.39, 0.29) is 5.41 Å². The van der Waals surface area contributed by atoms with Gasteiger partial charge in [0.25, 0.3) is 0 Å². The third-order valence-corrected chi connectivity index (χ3v) is 4.29. The molecule has 0 aliphatic heterocycles. The van der Waals surface area contributed by atoms with Crippen LogP contribution in [0.15, 0.2) is 30.5 Å². The third-order valence-electron chi connectivity index (χ3n) is 4.29. The second-order valence-electron chi connectivity index (χ2n) is 7.10. The summed E-state index contributed by atoms with van der Waals surface area (Å²) in [6, 6.07) is 9.27. The zero-order chi connectivity index (χ0) is 15.0. The van der Waals surface area contributed by atoms with Crippen molar-refractivity contribution in [1.82, 2.24) is 15.1 Å². The van der Waals surface area contributed by atoms with Gasteiger partial charge in [-0.05, 0) is 24.0 Å². The highest BCUT2D eigenvalue weighted by Crippen LogP contribution is 2.31. The summed E-state index contributed by atoms with van der Waals surface area (Å²) in [5, 5.41) is 8.37. The van der Waals surface area contributed by atoms with Gasteiger partial charge in [-0.15, -0.1) is 0 Å². The van der Waals surface area contributed by atoms with Crippen LogP contribution < -0.4 is 5.32 Å². The molecule has 0 fully saturated rings. The van der Waals surface area contributed by atoms with Crippen molar-refractivity contribution in [2.75, 3.05) is 0 Å². The fourth-order valence-electron chi connectivity index (χ4n) is 3.30. The fraction of sp³-hybridized carbons (Fsp3) is 0.500. The maximum atomic E-state index is 4.65. The van der Waals surface area contributed by atoms with Crippen LogP contribution in [0.25, 0.3) is 0 Å². The van der Waals surface area contributed by atoms with Crippen LogP contribution in [0.1, 0.15) is 55.6 Å². The summed E-state index contributed by atoms with van der Waals surface area (Å²) in [4.78, 5) is 0. The van der Waals surface area contributed by atoms with Crippen molar-refractivity contribution in [3.8, 4) is 0 Å². The molecule has 0 spiro atoms. The highest BCUT2D eigenvalue weighted by molar-refractivity contribution is 5.34. The fourth-order valence-corrected chi connectivity index (χ4v) is 3.30. The maximum absolute atomic E-state index is 4.65. The van der Waals surface area contributed by atoms with Crippen LogP contribution >= 0.6 is 0 Å². The third kappa shape index (κ3) is 2.88. The van der Waals surface area contributed by atoms with Crippen LogP contribution in [0.5, 0.6) is 0 Å². The molecule has 112 valence electrons. The van der Waals surface area contributed by atoms with Gasteiger partial charge >= 0.3 is 0 Å². The summed E-state index contributed by atoms with van der Waals surface area (Å²) in [5.74, 6) is 0. The normalized spacial score (nSPS) is 18.0. The summed E-state index contributed by atoms with van der Waals surface area (Å²) < 4.78 is 1.93. The number of nitrogens with one attached hydrogen (secondary N) is 1. The van der Waals surface area contributed by atoms with Crippen molar-refractivity contribution in [3.63, 3.8) is 0 Å². The van der Waals surface area contributed by atoms with Crippen LogP contribution in [0, 0.1) is 0 Å². The predicted octanol–water partition coefficient (Wildman–Crippen LogP) is 3.49. The quantitative estimate of drug-likeness (QED) is 0.934. The lowest BCUT2D eigenvalue weighted by Gasteiger charge is -2.19. The average Bonchev–Trinajstić information content (AvgIpc) is 2.99. The Morgan fingerprint density at radius 2 is 2.05 bits per heavy atom. The van der Waals surface area contributed by atoms with Crippen LogP contribution in [-0.4, -0.2) is 9.78 Å². The zero-order valence-electron chi connectivity index (χ0n) is 13.5. The molecule has 3 nitrogen and oxygen atoms in total. The molecule has 3 heteroatoms. The summed E-state index contributed by atoms with van der Waals surface area (Å²) in [5.41, 5.74) is 5.57. The molecule has 2 aromatic rings. The van der Waals surface area contributed by atoms with Crippen LogP contribution in [-0.2, 0) is 25.4 Å². The zero-order valence-corrected chi connectivity index (χ0v) is 13.5. The Labute approximate surface area is 127 Å². The molecule has 0 amide bonds. The standard InChI is InChI=1S/C18H25N3/c1-18(2,3)17-14(12-21(4)20-17)11-19-16-10-9-13-7-5-6-8-15(13)16/h5-8,12,16,19H,9-11H2,1-4H3. The van der Waals surface area contributed by atoms with Gasteiger partial charge in [0.15, 0.2) is 0 Å². The second kappa shape index (κ2) is 5.30. The van der Waals surface area contributed by atoms with E-state index in [9.17, 15) is 0 Å². The van der Waals surface area contributed by atoms with Crippen LogP contribution in [0.3, 0.4) is 0 Å². The maximum Gasteiger partial charge on any atom is 0.0722 e. The summed E-state index contributed by atoms with van der Waals surface area (Å²) in [6.07, 6.45) is 4.53. The van der Waals surface area contributed by atoms with E-state index in [4.69, 9.17) is 0 Å². The largest absolute Gasteiger partial charge is 0.306 e. The van der Waals surface area contributed by atoms with Crippen molar-refractivity contribution in [3.05, 3.63) is 52.8 Å². The molecule has 1 aromatic carbocycles. The van der Waals surface area contributed by atoms with Crippen LogP contribution in [0.2, 0.25) is 0 Å². The molecule has 1 aliphatic rings. The Morgan fingerprint density at radius 1 is 1.29 bits per heavy atom. The van der Waals surface area contributed by atoms with E-state index in [1.807, 2.05) is 11.7 Å². The van der Waals surface area contributed by atoms with Gasteiger partial charge in [-0.2, -0.15) is 5.10 Å². The number of aromatic nitrogens is 2. The molecular formula is C18H25N3. The van der Waals surface area contributed by atoms with Crippen molar-refractivity contribution in [2.24, 2.45) is 7.05 Å². The van der Waals surface area contributed by atoms with Gasteiger partial charge in [-0.3, -0.25) is 4.68 Å². The number of rotatable bonds is 3. The van der Waals surface area contributed by atoms with Crippen molar-refractivity contribution in [2.45, 2.75) is 51.6 Å². The number of aryl methyl sites for hydroxylation is 2. The molecule has 21 heavy (non-hydrogen) atoms. The Morgan fingerprint density at radius 3 is 2.81 bits per heavy atom. The Balaban J connectivity index is 1.75. The monoisotopic (exact) mass is 283 g/mol. The second-order valence-corrected chi connectivity index (χ2v) is 7.10. The molecule has 1 aliphatic carbocycles. The van der Waals surface area contributed by atoms with Gasteiger partial charge < -0.3 is 5.32 Å². The smallest absolute Gasteiger partial charge is 0.0722 e. The molecule has 0 radical (unpaired) electrons. The first-order chi connectivity index (χ1) is 9.95. The topological polar surface area (TPSA) is 29.9 Å². The molecule has 0 saturated heterocycles. The molecule has 1 N–H and O–H groups in total. The Bertz CT molecular complexity index is 634. The Hall–Kier alpha value is -1.61. The molecular weight excluding hydrogens is 258 g/mol. The first-order valence-corrected chi connectivity index (χ1v) is 7.79. The van der Waals surface area contributed by atoms with E-state index in [1.54, 1.807) is 0 Å². The van der Waals surface area contributed by atoms with Gasteiger partial charge in [0.2, 0.25) is 0 Å². The first kappa shape index (κ1) is 14.3. The molecule has 0 saturated carbocycles. The summed E-state index contributed by atoms with van der Waals surface area (Å²) >= 11 is 0. The van der Waals surface area contributed by atoms with E-state index >= 15 is 0 Å². The van der Waals surface area contributed by atoms with E-state index in [0.29, 0.717) is 6.04 Å². The van der Waals surface area contributed by atoms with Crippen molar-refractivity contribution in [1.29, 1.82) is 0 Å². The molecule has 1 atom stereocenters. The lowest BCUT2D eigenvalue weighted by Crippen LogP contribution is -2.22. The molecule has 1 heterocycles. The van der Waals surface area contributed by atoms with E-state index in [0.717, 1.165) is 6.54 Å². The number of benzene rings is 1. The van der Waals surface area contributed by atoms with Crippen molar-refractivity contribution < 1.29 is 0 Å². The molecule has 1 unspecified atom stereocenters. The van der Waals surface area contributed by atoms with Gasteiger partial charge in [0, 0.05) is 36.8 Å². The van der Waals surface area contributed by atoms with Gasteiger partial charge in [-0.1, -0.05) is 45.0 Å². The molecule has 3 rings (SSSR count). The summed E-state index contributed by atoms with van der Waals surface area (Å²) in [6.45, 7) is 7.57. The minimum atomic E-state index is 0.0891. The van der Waals surface area contributed by atoms with E-state index in [1.165, 1.54) is 35.2 Å². The number of nitrogens with zero attached hydrogens (tertiary/aromatic N) is 2. The average molecular weight is 283 g/mol. The summed E-state index contributed by atoms with van der Waals surface area (Å²) in [7, 11) is 2.00. The lowest BCUT2D eigenvalue weighted by molar-refractivity contribution is 0.512. The first-order valence-electron chi connectivity index (χ1n) is 7.79.